The van der Waals surface area contributed by atoms with E-state index < -0.39 is 0 Å². The summed E-state index contributed by atoms with van der Waals surface area (Å²) in [6.07, 6.45) is 11.9. The molecule has 388 valence electrons. The Morgan fingerprint density at radius 1 is 0.377 bits per heavy atom. The van der Waals surface area contributed by atoms with Gasteiger partial charge in [0.05, 0.1) is 33.6 Å². The second kappa shape index (κ2) is 18.0. The van der Waals surface area contributed by atoms with Crippen molar-refractivity contribution in [3.63, 3.8) is 0 Å². The second-order valence-corrected chi connectivity index (χ2v) is 24.4. The summed E-state index contributed by atoms with van der Waals surface area (Å²) < 4.78 is 7.51. The molecule has 6 heteroatoms. The van der Waals surface area contributed by atoms with Gasteiger partial charge < -0.3 is 0 Å². The first-order chi connectivity index (χ1) is 37.6. The molecule has 6 unspecified atom stereocenters. The third kappa shape index (κ3) is 7.08. The molecule has 6 atom stereocenters. The number of nitrogens with zero attached hydrogens (tertiary/aromatic N) is 6. The Morgan fingerprint density at radius 3 is 1.22 bits per heavy atom. The number of pyridine rings is 3. The van der Waals surface area contributed by atoms with Gasteiger partial charge in [0, 0.05) is 84.9 Å². The van der Waals surface area contributed by atoms with Crippen LogP contribution in [0, 0.1) is 20.8 Å². The number of rotatable bonds is 0. The molecule has 0 N–H and O–H groups in total. The quantitative estimate of drug-likeness (QED) is 0.142. The number of aromatic nitrogens is 6. The molecule has 6 aliphatic carbocycles. The van der Waals surface area contributed by atoms with E-state index in [1.54, 1.807) is 0 Å². The zero-order valence-corrected chi connectivity index (χ0v) is 47.1. The smallest absolute Gasteiger partial charge is 0.145 e. The first kappa shape index (κ1) is 48.3. The molecular formula is C71H74N6. The maximum Gasteiger partial charge on any atom is 0.145 e. The highest BCUT2D eigenvalue weighted by molar-refractivity contribution is 6.14. The summed E-state index contributed by atoms with van der Waals surface area (Å²) >= 11 is 0. The molecule has 6 aromatic carbocycles. The lowest BCUT2D eigenvalue weighted by atomic mass is 9.86. The van der Waals surface area contributed by atoms with Crippen molar-refractivity contribution in [3.05, 3.63) is 178 Å². The summed E-state index contributed by atoms with van der Waals surface area (Å²) in [6.45, 7) is 21.5. The lowest BCUT2D eigenvalue weighted by Gasteiger charge is -2.21. The van der Waals surface area contributed by atoms with Crippen LogP contribution in [0.3, 0.4) is 0 Å². The SMILES string of the molecule is CC.CC.CC(C)(C)c1ccc2c(c1)c1ccccc1c1nc3c(n21)C1CCC3C1.Cc1cc(C)c2c(c1)c1ccccc1c1nc3c(n12)C1CCC3C1.Cc1ccc2c(c1)c1ccccc1c1nc3c(n21)C1CCC3C1. The van der Waals surface area contributed by atoms with Gasteiger partial charge in [0.1, 0.15) is 16.9 Å². The van der Waals surface area contributed by atoms with Gasteiger partial charge in [-0.1, -0.05) is 151 Å². The summed E-state index contributed by atoms with van der Waals surface area (Å²) in [6, 6.07) is 44.9. The van der Waals surface area contributed by atoms with E-state index in [-0.39, 0.29) is 5.41 Å². The Bertz CT molecular complexity index is 4380. The third-order valence-corrected chi connectivity index (χ3v) is 19.0. The monoisotopic (exact) mass is 1010 g/mol. The standard InChI is InChI=1S/C24H24N2.C22H20N2.C21H18N2.2C2H6/c1-24(2,3)16-10-11-20-19(13-16)17-6-4-5-7-18(17)23-25-21-14-8-9-15(12-14)22(21)26(20)23;1-12-9-13(2)20-18(10-12)16-5-3-4-6-17(16)22-23-19-14-7-8-15(11-14)21(19)24(20)22;1-12-6-9-18-17(10-12)15-4-2-3-5-16(15)21-22-19-13-7-8-14(11-13)20(19)23(18)21;2*1-2/h4-7,10-11,13-15H,8-9,12H2,1-3H3;3-6,9-10,14-15H,7-8,11H2,1-2H3;2-6,9-10,13-14H,7-8,11H2,1H3;2*1-2H3. The predicted octanol–water partition coefficient (Wildman–Crippen LogP) is 19.3. The molecule has 3 fully saturated rings. The van der Waals surface area contributed by atoms with E-state index in [9.17, 15) is 0 Å². The van der Waals surface area contributed by atoms with Crippen molar-refractivity contribution in [1.82, 2.24) is 28.2 Å². The number of hydrogen-bond acceptors (Lipinski definition) is 3. The van der Waals surface area contributed by atoms with Crippen molar-refractivity contribution in [2.75, 3.05) is 0 Å². The zero-order valence-electron chi connectivity index (χ0n) is 47.1. The van der Waals surface area contributed by atoms with E-state index >= 15 is 0 Å². The van der Waals surface area contributed by atoms with Crippen LogP contribution in [0.2, 0.25) is 0 Å². The van der Waals surface area contributed by atoms with Crippen LogP contribution in [0.15, 0.2) is 121 Å². The lowest BCUT2D eigenvalue weighted by molar-refractivity contribution is 0.591. The number of benzene rings is 6. The topological polar surface area (TPSA) is 51.9 Å². The molecule has 0 aliphatic heterocycles. The maximum atomic E-state index is 5.19. The van der Waals surface area contributed by atoms with Gasteiger partial charge in [0.15, 0.2) is 0 Å². The molecule has 6 aromatic heterocycles. The van der Waals surface area contributed by atoms with Crippen molar-refractivity contribution in [2.24, 2.45) is 0 Å². The van der Waals surface area contributed by atoms with Crippen LogP contribution in [-0.2, 0) is 5.41 Å². The van der Waals surface area contributed by atoms with Crippen LogP contribution in [0.5, 0.6) is 0 Å². The average molecular weight is 1010 g/mol. The predicted molar refractivity (Wildman–Crippen MR) is 324 cm³/mol. The van der Waals surface area contributed by atoms with Crippen LogP contribution in [-0.4, -0.2) is 28.2 Å². The van der Waals surface area contributed by atoms with E-state index in [2.05, 4.69) is 176 Å². The zero-order chi connectivity index (χ0) is 52.8. The van der Waals surface area contributed by atoms with Crippen molar-refractivity contribution in [1.29, 1.82) is 0 Å². The average Bonchev–Trinajstić information content (AvgIpc) is 4.52. The minimum atomic E-state index is 0.153. The number of imidazole rings is 3. The molecule has 6 aliphatic rings. The lowest BCUT2D eigenvalue weighted by Crippen LogP contribution is -2.11. The molecule has 6 bridgehead atoms. The van der Waals surface area contributed by atoms with Crippen molar-refractivity contribution in [2.45, 2.75) is 168 Å². The van der Waals surface area contributed by atoms with Crippen LogP contribution in [0.4, 0.5) is 0 Å². The van der Waals surface area contributed by atoms with Crippen LogP contribution < -0.4 is 0 Å². The minimum absolute atomic E-state index is 0.153. The highest BCUT2D eigenvalue weighted by atomic mass is 15.1. The second-order valence-electron chi connectivity index (χ2n) is 24.4. The summed E-state index contributed by atoms with van der Waals surface area (Å²) in [5.41, 5.74) is 21.8. The summed E-state index contributed by atoms with van der Waals surface area (Å²) in [5.74, 6) is 4.23. The fourth-order valence-corrected chi connectivity index (χ4v) is 15.8. The molecule has 0 spiro atoms. The van der Waals surface area contributed by atoms with Gasteiger partial charge in [0.2, 0.25) is 0 Å². The summed E-state index contributed by atoms with van der Waals surface area (Å²) in [5, 5.41) is 12.0. The maximum absolute atomic E-state index is 5.19. The normalized spacial score (nSPS) is 21.2. The molecule has 12 aromatic rings. The Morgan fingerprint density at radius 2 is 0.753 bits per heavy atom. The molecule has 6 nitrogen and oxygen atoms in total. The van der Waals surface area contributed by atoms with E-state index in [4.69, 9.17) is 15.0 Å². The van der Waals surface area contributed by atoms with E-state index in [1.165, 1.54) is 196 Å². The molecule has 0 saturated heterocycles. The number of aryl methyl sites for hydroxylation is 3. The Balaban J connectivity index is 0.000000102. The Hall–Kier alpha value is -7.05. The van der Waals surface area contributed by atoms with Gasteiger partial charge in [0.25, 0.3) is 0 Å². The molecule has 0 amide bonds. The molecule has 18 rings (SSSR count). The molecule has 0 radical (unpaired) electrons. The first-order valence-corrected chi connectivity index (χ1v) is 29.6. The van der Waals surface area contributed by atoms with Gasteiger partial charge in [-0.3, -0.25) is 13.2 Å². The van der Waals surface area contributed by atoms with Crippen molar-refractivity contribution >= 4 is 82.0 Å². The van der Waals surface area contributed by atoms with Crippen LogP contribution in [0.25, 0.3) is 82.0 Å². The van der Waals surface area contributed by atoms with E-state index in [0.717, 1.165) is 5.92 Å². The van der Waals surface area contributed by atoms with E-state index in [1.807, 2.05) is 27.7 Å². The fourth-order valence-electron chi connectivity index (χ4n) is 15.8. The third-order valence-electron chi connectivity index (χ3n) is 19.0. The largest absolute Gasteiger partial charge is 0.296 e. The van der Waals surface area contributed by atoms with E-state index in [0.29, 0.717) is 29.6 Å². The Kier molecular flexibility index (Phi) is 11.3. The summed E-state index contributed by atoms with van der Waals surface area (Å²) in [4.78, 5) is 15.5. The molecule has 3 saturated carbocycles. The highest BCUT2D eigenvalue weighted by Gasteiger charge is 2.44. The van der Waals surface area contributed by atoms with Gasteiger partial charge in [-0.2, -0.15) is 0 Å². The van der Waals surface area contributed by atoms with Gasteiger partial charge >= 0.3 is 0 Å². The highest BCUT2D eigenvalue weighted by Crippen LogP contribution is 2.56. The summed E-state index contributed by atoms with van der Waals surface area (Å²) in [7, 11) is 0. The molecule has 6 heterocycles. The van der Waals surface area contributed by atoms with Crippen molar-refractivity contribution in [3.8, 4) is 0 Å². The van der Waals surface area contributed by atoms with Crippen molar-refractivity contribution < 1.29 is 0 Å². The number of hydrogen-bond donors (Lipinski definition) is 0. The van der Waals surface area contributed by atoms with Gasteiger partial charge in [-0.15, -0.1) is 0 Å². The fraction of sp³-hybridized carbons (Fsp3) is 0.366. The molecule has 77 heavy (non-hydrogen) atoms. The van der Waals surface area contributed by atoms with Crippen LogP contribution >= 0.6 is 0 Å². The number of fused-ring (bicyclic) bond motifs is 36. The minimum Gasteiger partial charge on any atom is -0.296 e. The first-order valence-electron chi connectivity index (χ1n) is 29.6. The molecular weight excluding hydrogens is 937 g/mol. The van der Waals surface area contributed by atoms with Gasteiger partial charge in [-0.05, 0) is 142 Å². The Labute approximate surface area is 453 Å². The van der Waals surface area contributed by atoms with Gasteiger partial charge in [-0.25, -0.2) is 15.0 Å². The van der Waals surface area contributed by atoms with Crippen LogP contribution in [0.1, 0.15) is 198 Å².